The van der Waals surface area contributed by atoms with E-state index in [2.05, 4.69) is 23.8 Å². The van der Waals surface area contributed by atoms with Crippen LogP contribution in [-0.4, -0.2) is 18.4 Å². The van der Waals surface area contributed by atoms with Crippen LogP contribution in [0.4, 0.5) is 0 Å². The summed E-state index contributed by atoms with van der Waals surface area (Å²) in [7, 11) is -4.12. The minimum absolute atomic E-state index is 0.0568. The van der Waals surface area contributed by atoms with Gasteiger partial charge in [0.2, 0.25) is 0 Å². The van der Waals surface area contributed by atoms with Crippen molar-refractivity contribution in [1.82, 2.24) is 9.97 Å². The molecule has 0 fully saturated rings. The molecule has 0 aliphatic heterocycles. The molecular formula is C18H18N2O5S. The van der Waals surface area contributed by atoms with Crippen molar-refractivity contribution in [3.8, 4) is 5.75 Å². The van der Waals surface area contributed by atoms with Gasteiger partial charge in [-0.25, -0.2) is 4.79 Å². The van der Waals surface area contributed by atoms with E-state index in [9.17, 15) is 18.0 Å². The first kappa shape index (κ1) is 17.9. The molecule has 1 aromatic heterocycles. The maximum absolute atomic E-state index is 12.5. The van der Waals surface area contributed by atoms with E-state index in [0.717, 1.165) is 12.0 Å². The quantitative estimate of drug-likeness (QED) is 0.667. The Morgan fingerprint density at radius 3 is 2.38 bits per heavy atom. The van der Waals surface area contributed by atoms with Gasteiger partial charge in [0.1, 0.15) is 10.6 Å². The van der Waals surface area contributed by atoms with Gasteiger partial charge in [0.25, 0.3) is 5.56 Å². The second-order valence-corrected chi connectivity index (χ2v) is 7.58. The van der Waals surface area contributed by atoms with Crippen LogP contribution in [-0.2, 0) is 10.1 Å². The van der Waals surface area contributed by atoms with Crippen molar-refractivity contribution < 1.29 is 12.6 Å². The highest BCUT2D eigenvalue weighted by Gasteiger charge is 2.18. The SMILES string of the molecule is CC[C@H](C)c1ccc(OS(=O)(=O)c2ccc3[nH]c(=O)[nH]c(=O)c3c2)cc1. The zero-order valence-electron chi connectivity index (χ0n) is 14.3. The average molecular weight is 374 g/mol. The van der Waals surface area contributed by atoms with E-state index < -0.39 is 21.4 Å². The monoisotopic (exact) mass is 374 g/mol. The van der Waals surface area contributed by atoms with Crippen molar-refractivity contribution in [3.05, 3.63) is 68.9 Å². The Labute approximate surface area is 149 Å². The van der Waals surface area contributed by atoms with Crippen molar-refractivity contribution in [1.29, 1.82) is 0 Å². The highest BCUT2D eigenvalue weighted by atomic mass is 32.2. The van der Waals surface area contributed by atoms with Crippen LogP contribution in [0.15, 0.2) is 56.9 Å². The molecule has 0 saturated heterocycles. The van der Waals surface area contributed by atoms with Crippen LogP contribution in [0.2, 0.25) is 0 Å². The second kappa shape index (κ2) is 6.80. The van der Waals surface area contributed by atoms with E-state index in [1.807, 2.05) is 12.1 Å². The molecule has 0 bridgehead atoms. The van der Waals surface area contributed by atoms with Gasteiger partial charge in [0.15, 0.2) is 0 Å². The molecule has 0 amide bonds. The molecule has 3 rings (SSSR count). The number of H-pyrrole nitrogens is 2. The third-order valence-electron chi connectivity index (χ3n) is 4.27. The molecule has 2 aromatic carbocycles. The number of benzene rings is 2. The summed E-state index contributed by atoms with van der Waals surface area (Å²) in [5.74, 6) is 0.558. The van der Waals surface area contributed by atoms with E-state index >= 15 is 0 Å². The maximum atomic E-state index is 12.5. The van der Waals surface area contributed by atoms with Crippen LogP contribution in [0.1, 0.15) is 31.7 Å². The van der Waals surface area contributed by atoms with Crippen LogP contribution < -0.4 is 15.4 Å². The van der Waals surface area contributed by atoms with Gasteiger partial charge in [-0.05, 0) is 48.2 Å². The summed E-state index contributed by atoms with van der Waals surface area (Å²) in [6.07, 6.45) is 0.978. The van der Waals surface area contributed by atoms with Crippen LogP contribution >= 0.6 is 0 Å². The predicted octanol–water partition coefficient (Wildman–Crippen LogP) is 2.50. The topological polar surface area (TPSA) is 109 Å². The summed E-state index contributed by atoms with van der Waals surface area (Å²) in [5, 5.41) is 0.0568. The minimum Gasteiger partial charge on any atom is -0.379 e. The number of hydrogen-bond donors (Lipinski definition) is 2. The maximum Gasteiger partial charge on any atom is 0.339 e. The Bertz CT molecular complexity index is 1160. The fourth-order valence-corrected chi connectivity index (χ4v) is 3.52. The third kappa shape index (κ3) is 3.55. The smallest absolute Gasteiger partial charge is 0.339 e. The zero-order chi connectivity index (χ0) is 18.9. The molecule has 8 heteroatoms. The molecule has 0 radical (unpaired) electrons. The number of fused-ring (bicyclic) bond motifs is 1. The van der Waals surface area contributed by atoms with E-state index in [1.54, 1.807) is 12.1 Å². The van der Waals surface area contributed by atoms with Gasteiger partial charge in [0, 0.05) is 0 Å². The molecule has 136 valence electrons. The van der Waals surface area contributed by atoms with Gasteiger partial charge in [-0.3, -0.25) is 9.78 Å². The van der Waals surface area contributed by atoms with Crippen LogP contribution in [0.5, 0.6) is 5.75 Å². The lowest BCUT2D eigenvalue weighted by Crippen LogP contribution is -2.22. The van der Waals surface area contributed by atoms with Crippen molar-refractivity contribution in [2.45, 2.75) is 31.1 Å². The summed E-state index contributed by atoms with van der Waals surface area (Å²) < 4.78 is 30.1. The molecule has 0 aliphatic rings. The molecule has 0 spiro atoms. The predicted molar refractivity (Wildman–Crippen MR) is 98.2 cm³/mol. The fraction of sp³-hybridized carbons (Fsp3) is 0.222. The highest BCUT2D eigenvalue weighted by molar-refractivity contribution is 7.87. The summed E-state index contributed by atoms with van der Waals surface area (Å²) >= 11 is 0. The molecule has 0 saturated carbocycles. The van der Waals surface area contributed by atoms with Crippen molar-refractivity contribution in [2.24, 2.45) is 0 Å². The summed E-state index contributed by atoms with van der Waals surface area (Å²) in [6.45, 7) is 4.16. The van der Waals surface area contributed by atoms with Crippen molar-refractivity contribution in [3.63, 3.8) is 0 Å². The van der Waals surface area contributed by atoms with Crippen LogP contribution in [0.25, 0.3) is 10.9 Å². The lowest BCUT2D eigenvalue weighted by atomic mass is 9.99. The Hall–Kier alpha value is -2.87. The van der Waals surface area contributed by atoms with Gasteiger partial charge in [-0.2, -0.15) is 8.42 Å². The van der Waals surface area contributed by atoms with E-state index in [1.165, 1.54) is 18.2 Å². The Morgan fingerprint density at radius 1 is 1.04 bits per heavy atom. The number of rotatable bonds is 5. The number of aromatic nitrogens is 2. The van der Waals surface area contributed by atoms with E-state index in [0.29, 0.717) is 5.92 Å². The Balaban J connectivity index is 1.94. The fourth-order valence-electron chi connectivity index (χ4n) is 2.56. The number of nitrogens with one attached hydrogen (secondary N) is 2. The highest BCUT2D eigenvalue weighted by Crippen LogP contribution is 2.24. The van der Waals surface area contributed by atoms with Gasteiger partial charge < -0.3 is 9.17 Å². The van der Waals surface area contributed by atoms with Crippen LogP contribution in [0, 0.1) is 0 Å². The van der Waals surface area contributed by atoms with Crippen LogP contribution in [0.3, 0.4) is 0 Å². The van der Waals surface area contributed by atoms with Gasteiger partial charge in [0.05, 0.1) is 10.9 Å². The second-order valence-electron chi connectivity index (χ2n) is 6.03. The van der Waals surface area contributed by atoms with Gasteiger partial charge in [-0.1, -0.05) is 26.0 Å². The minimum atomic E-state index is -4.12. The molecule has 2 N–H and O–H groups in total. The molecule has 0 aliphatic carbocycles. The first-order valence-corrected chi connectivity index (χ1v) is 9.52. The summed E-state index contributed by atoms with van der Waals surface area (Å²) in [5.41, 5.74) is 0.0171. The largest absolute Gasteiger partial charge is 0.379 e. The first-order valence-electron chi connectivity index (χ1n) is 8.11. The molecule has 3 aromatic rings. The average Bonchev–Trinajstić information content (AvgIpc) is 2.61. The summed E-state index contributed by atoms with van der Waals surface area (Å²) in [4.78, 5) is 27.4. The first-order chi connectivity index (χ1) is 12.3. The number of hydrogen-bond acceptors (Lipinski definition) is 5. The molecule has 1 heterocycles. The Kier molecular flexibility index (Phi) is 4.69. The standard InChI is InChI=1S/C18H18N2O5S/c1-3-11(2)12-4-6-13(7-5-12)25-26(23,24)14-8-9-16-15(10-14)17(21)20-18(22)19-16/h4-11H,3H2,1-2H3,(H2,19,20,21,22)/t11-/m0/s1. The molecule has 1 atom stereocenters. The van der Waals surface area contributed by atoms with Gasteiger partial charge in [-0.15, -0.1) is 0 Å². The number of aromatic amines is 2. The van der Waals surface area contributed by atoms with Crippen molar-refractivity contribution in [2.75, 3.05) is 0 Å². The van der Waals surface area contributed by atoms with E-state index in [4.69, 9.17) is 4.18 Å². The van der Waals surface area contributed by atoms with Crippen molar-refractivity contribution >= 4 is 21.0 Å². The third-order valence-corrected chi connectivity index (χ3v) is 5.51. The molecule has 0 unspecified atom stereocenters. The molecule has 7 nitrogen and oxygen atoms in total. The van der Waals surface area contributed by atoms with E-state index in [-0.39, 0.29) is 21.5 Å². The molecule has 26 heavy (non-hydrogen) atoms. The summed E-state index contributed by atoms with van der Waals surface area (Å²) in [6, 6.07) is 10.7. The zero-order valence-corrected chi connectivity index (χ0v) is 15.1. The lowest BCUT2D eigenvalue weighted by molar-refractivity contribution is 0.486. The van der Waals surface area contributed by atoms with Gasteiger partial charge >= 0.3 is 15.8 Å². The molecular weight excluding hydrogens is 356 g/mol. The lowest BCUT2D eigenvalue weighted by Gasteiger charge is -2.11. The Morgan fingerprint density at radius 2 is 1.73 bits per heavy atom. The normalized spacial score (nSPS) is 12.8.